The Labute approximate surface area is 46.0 Å². The molecule has 0 aromatic heterocycles. The Morgan fingerprint density at radius 2 is 1.88 bits per heavy atom. The molecule has 0 aliphatic heterocycles. The largest absolute Gasteiger partial charge is 0.226 e. The van der Waals surface area contributed by atoms with Crippen molar-refractivity contribution in [3.63, 3.8) is 0 Å². The standard InChI is InChI=1S/C5H5F2N/c1-4(6)3-8-5(2)7/h3H,1-2H2/b8-3-. The van der Waals surface area contributed by atoms with Gasteiger partial charge in [0.2, 0.25) is 5.95 Å². The molecule has 8 heavy (non-hydrogen) atoms. The lowest BCUT2D eigenvalue weighted by molar-refractivity contribution is 0.630. The van der Waals surface area contributed by atoms with E-state index in [1.165, 1.54) is 0 Å². The Kier molecular flexibility index (Phi) is 2.69. The smallest absolute Gasteiger partial charge is 0.205 e. The summed E-state index contributed by atoms with van der Waals surface area (Å²) in [6, 6.07) is 0. The van der Waals surface area contributed by atoms with E-state index < -0.39 is 11.8 Å². The second-order valence-electron chi connectivity index (χ2n) is 1.08. The van der Waals surface area contributed by atoms with E-state index in [0.717, 1.165) is 0 Å². The Hall–Kier alpha value is -0.990. The second-order valence-corrected chi connectivity index (χ2v) is 1.08. The van der Waals surface area contributed by atoms with Crippen molar-refractivity contribution < 1.29 is 8.78 Å². The lowest BCUT2D eigenvalue weighted by Gasteiger charge is -1.77. The van der Waals surface area contributed by atoms with Crippen LogP contribution in [0.4, 0.5) is 8.78 Å². The summed E-state index contributed by atoms with van der Waals surface area (Å²) in [5.41, 5.74) is 0. The predicted octanol–water partition coefficient (Wildman–Crippen LogP) is 1.98. The van der Waals surface area contributed by atoms with E-state index in [2.05, 4.69) is 18.2 Å². The van der Waals surface area contributed by atoms with Gasteiger partial charge in [0.1, 0.15) is 5.83 Å². The molecule has 0 aromatic rings. The maximum Gasteiger partial charge on any atom is 0.205 e. The van der Waals surface area contributed by atoms with Crippen molar-refractivity contribution in [3.05, 3.63) is 24.9 Å². The van der Waals surface area contributed by atoms with Gasteiger partial charge in [-0.1, -0.05) is 6.58 Å². The fourth-order valence-corrected chi connectivity index (χ4v) is 0.140. The van der Waals surface area contributed by atoms with Crippen molar-refractivity contribution in [2.75, 3.05) is 0 Å². The van der Waals surface area contributed by atoms with Crippen molar-refractivity contribution in [1.29, 1.82) is 0 Å². The van der Waals surface area contributed by atoms with Gasteiger partial charge in [0.15, 0.2) is 0 Å². The van der Waals surface area contributed by atoms with Gasteiger partial charge >= 0.3 is 0 Å². The molecule has 0 unspecified atom stereocenters. The number of halogens is 2. The van der Waals surface area contributed by atoms with Crippen LogP contribution in [0.3, 0.4) is 0 Å². The average Bonchev–Trinajstić information content (AvgIpc) is 1.61. The van der Waals surface area contributed by atoms with Crippen LogP contribution >= 0.6 is 0 Å². The van der Waals surface area contributed by atoms with Crippen molar-refractivity contribution >= 4 is 6.21 Å². The second kappa shape index (κ2) is 3.07. The highest BCUT2D eigenvalue weighted by Crippen LogP contribution is 1.93. The normalized spacial score (nSPS) is 9.75. The highest BCUT2D eigenvalue weighted by molar-refractivity contribution is 5.75. The van der Waals surface area contributed by atoms with E-state index in [1.54, 1.807) is 0 Å². The molecule has 0 aliphatic rings. The number of hydrogen-bond donors (Lipinski definition) is 0. The van der Waals surface area contributed by atoms with Crippen LogP contribution in [0.2, 0.25) is 0 Å². The number of aliphatic imine (C=N–C) groups is 1. The summed E-state index contributed by atoms with van der Waals surface area (Å²) in [6.07, 6.45) is 0.655. The zero-order chi connectivity index (χ0) is 6.57. The van der Waals surface area contributed by atoms with Gasteiger partial charge in [0.25, 0.3) is 0 Å². The summed E-state index contributed by atoms with van der Waals surface area (Å²) in [4.78, 5) is 2.86. The van der Waals surface area contributed by atoms with E-state index in [4.69, 9.17) is 0 Å². The molecule has 0 aromatic carbocycles. The summed E-state index contributed by atoms with van der Waals surface area (Å²) in [5, 5.41) is 0. The van der Waals surface area contributed by atoms with Gasteiger partial charge in [0.05, 0.1) is 6.21 Å². The van der Waals surface area contributed by atoms with E-state index in [9.17, 15) is 8.78 Å². The number of rotatable bonds is 2. The van der Waals surface area contributed by atoms with Crippen LogP contribution in [0.1, 0.15) is 0 Å². The highest BCUT2D eigenvalue weighted by atomic mass is 19.1. The van der Waals surface area contributed by atoms with Gasteiger partial charge in [-0.2, -0.15) is 4.39 Å². The van der Waals surface area contributed by atoms with Crippen molar-refractivity contribution in [2.45, 2.75) is 0 Å². The van der Waals surface area contributed by atoms with Gasteiger partial charge in [0, 0.05) is 0 Å². The van der Waals surface area contributed by atoms with Crippen LogP contribution in [-0.2, 0) is 0 Å². The summed E-state index contributed by atoms with van der Waals surface area (Å²) >= 11 is 0. The van der Waals surface area contributed by atoms with Crippen LogP contribution in [0.25, 0.3) is 0 Å². The summed E-state index contributed by atoms with van der Waals surface area (Å²) in [5.74, 6) is -1.72. The highest BCUT2D eigenvalue weighted by Gasteiger charge is 1.80. The maximum absolute atomic E-state index is 11.5. The molecule has 0 heterocycles. The summed E-state index contributed by atoms with van der Waals surface area (Å²) < 4.78 is 23.0. The van der Waals surface area contributed by atoms with Crippen molar-refractivity contribution in [1.82, 2.24) is 0 Å². The van der Waals surface area contributed by atoms with Crippen molar-refractivity contribution in [2.24, 2.45) is 4.99 Å². The van der Waals surface area contributed by atoms with Gasteiger partial charge in [-0.15, -0.1) is 0 Å². The molecule has 1 nitrogen and oxygen atoms in total. The average molecular weight is 117 g/mol. The molecule has 0 amide bonds. The van der Waals surface area contributed by atoms with E-state index in [0.29, 0.717) is 6.21 Å². The lowest BCUT2D eigenvalue weighted by Crippen LogP contribution is -1.69. The predicted molar refractivity (Wildman–Crippen MR) is 29.0 cm³/mol. The Bertz CT molecular complexity index is 121. The molecule has 0 rings (SSSR count). The lowest BCUT2D eigenvalue weighted by atomic mass is 10.6. The first-order valence-electron chi connectivity index (χ1n) is 1.86. The molecule has 3 heteroatoms. The minimum absolute atomic E-state index is 0.655. The molecular formula is C5H5F2N. The monoisotopic (exact) mass is 117 g/mol. The fraction of sp³-hybridized carbons (Fsp3) is 0. The first kappa shape index (κ1) is 7.01. The zero-order valence-corrected chi connectivity index (χ0v) is 4.19. The molecule has 0 saturated heterocycles. The number of allylic oxidation sites excluding steroid dienone is 1. The van der Waals surface area contributed by atoms with Crippen molar-refractivity contribution in [3.8, 4) is 0 Å². The molecular weight excluding hydrogens is 112 g/mol. The van der Waals surface area contributed by atoms with Crippen LogP contribution in [-0.4, -0.2) is 6.21 Å². The molecule has 0 radical (unpaired) electrons. The Morgan fingerprint density at radius 3 is 2.00 bits per heavy atom. The Balaban J connectivity index is 3.67. The summed E-state index contributed by atoms with van der Waals surface area (Å²) in [7, 11) is 0. The van der Waals surface area contributed by atoms with Gasteiger partial charge in [-0.05, 0) is 6.58 Å². The first-order chi connectivity index (χ1) is 3.63. The van der Waals surface area contributed by atoms with Crippen LogP contribution in [0.15, 0.2) is 29.9 Å². The molecule has 0 spiro atoms. The maximum atomic E-state index is 11.5. The molecule has 0 atom stereocenters. The van der Waals surface area contributed by atoms with E-state index in [1.807, 2.05) is 0 Å². The van der Waals surface area contributed by atoms with Crippen LogP contribution in [0.5, 0.6) is 0 Å². The zero-order valence-electron chi connectivity index (χ0n) is 4.19. The van der Waals surface area contributed by atoms with E-state index in [-0.39, 0.29) is 0 Å². The summed E-state index contributed by atoms with van der Waals surface area (Å²) in [6.45, 7) is 5.56. The number of hydrogen-bond acceptors (Lipinski definition) is 1. The van der Waals surface area contributed by atoms with Crippen LogP contribution in [0, 0.1) is 0 Å². The topological polar surface area (TPSA) is 12.4 Å². The van der Waals surface area contributed by atoms with E-state index >= 15 is 0 Å². The third kappa shape index (κ3) is 5.01. The third-order valence-electron chi connectivity index (χ3n) is 0.345. The molecule has 0 aliphatic carbocycles. The first-order valence-corrected chi connectivity index (χ1v) is 1.86. The SMILES string of the molecule is C=C(F)/C=N\C(=C)F. The fourth-order valence-electron chi connectivity index (χ4n) is 0.140. The Morgan fingerprint density at radius 1 is 1.38 bits per heavy atom. The van der Waals surface area contributed by atoms with Crippen LogP contribution < -0.4 is 0 Å². The molecule has 0 saturated carbocycles. The van der Waals surface area contributed by atoms with Gasteiger partial charge < -0.3 is 0 Å². The van der Waals surface area contributed by atoms with Gasteiger partial charge in [-0.25, -0.2) is 9.38 Å². The third-order valence-corrected chi connectivity index (χ3v) is 0.345. The van der Waals surface area contributed by atoms with Gasteiger partial charge in [-0.3, -0.25) is 0 Å². The number of nitrogens with zero attached hydrogens (tertiary/aromatic N) is 1. The minimum atomic E-state index is -0.927. The molecule has 0 bridgehead atoms. The minimum Gasteiger partial charge on any atom is -0.226 e. The molecule has 44 valence electrons. The molecule has 0 N–H and O–H groups in total. The quantitative estimate of drug-likeness (QED) is 0.387. The molecule has 0 fully saturated rings.